The van der Waals surface area contributed by atoms with Crippen LogP contribution in [0.2, 0.25) is 0 Å². The summed E-state index contributed by atoms with van der Waals surface area (Å²) >= 11 is 1.49. The average molecular weight is 419 g/mol. The van der Waals surface area contributed by atoms with Crippen molar-refractivity contribution in [3.8, 4) is 0 Å². The van der Waals surface area contributed by atoms with E-state index in [0.717, 1.165) is 23.8 Å². The Morgan fingerprint density at radius 3 is 2.00 bits per heavy atom. The summed E-state index contributed by atoms with van der Waals surface area (Å²) in [6.45, 7) is 8.45. The third kappa shape index (κ3) is 4.83. The van der Waals surface area contributed by atoms with E-state index in [-0.39, 0.29) is 11.0 Å². The van der Waals surface area contributed by atoms with Gasteiger partial charge in [0, 0.05) is 31.1 Å². The molecule has 0 unspecified atom stereocenters. The van der Waals surface area contributed by atoms with Gasteiger partial charge in [-0.2, -0.15) is 9.61 Å². The van der Waals surface area contributed by atoms with E-state index in [1.54, 1.807) is 6.07 Å². The van der Waals surface area contributed by atoms with Crippen molar-refractivity contribution in [3.05, 3.63) is 98.9 Å². The number of hydrogen-bond acceptors (Lipinski definition) is 5. The van der Waals surface area contributed by atoms with Gasteiger partial charge in [0.15, 0.2) is 0 Å². The van der Waals surface area contributed by atoms with Crippen molar-refractivity contribution in [3.63, 3.8) is 0 Å². The molecule has 4 aromatic rings. The number of benzene rings is 2. The third-order valence-corrected chi connectivity index (χ3v) is 6.16. The monoisotopic (exact) mass is 418 g/mol. The van der Waals surface area contributed by atoms with E-state index in [4.69, 9.17) is 4.98 Å². The molecule has 0 aliphatic carbocycles. The molecule has 0 aliphatic rings. The lowest BCUT2D eigenvalue weighted by molar-refractivity contribution is 0.244. The van der Waals surface area contributed by atoms with Crippen molar-refractivity contribution < 1.29 is 0 Å². The molecular weight excluding hydrogens is 392 g/mol. The van der Waals surface area contributed by atoms with E-state index in [2.05, 4.69) is 79.3 Å². The summed E-state index contributed by atoms with van der Waals surface area (Å²) in [5.74, 6) is 0. The van der Waals surface area contributed by atoms with Crippen LogP contribution in [0.3, 0.4) is 0 Å². The van der Waals surface area contributed by atoms with Crippen LogP contribution in [-0.2, 0) is 25.0 Å². The summed E-state index contributed by atoms with van der Waals surface area (Å²) in [5, 5.41) is 5.40. The first-order valence-electron chi connectivity index (χ1n) is 10.1. The number of hydrogen-bond donors (Lipinski definition) is 0. The predicted molar refractivity (Wildman–Crippen MR) is 122 cm³/mol. The number of rotatable bonds is 6. The van der Waals surface area contributed by atoms with Gasteiger partial charge in [0.2, 0.25) is 4.96 Å². The Bertz CT molecular complexity index is 1140. The fourth-order valence-electron chi connectivity index (χ4n) is 3.32. The normalized spacial score (nSPS) is 12.0. The Labute approximate surface area is 180 Å². The van der Waals surface area contributed by atoms with E-state index < -0.39 is 0 Å². The van der Waals surface area contributed by atoms with Crippen LogP contribution in [-0.4, -0.2) is 19.5 Å². The van der Waals surface area contributed by atoms with Crippen molar-refractivity contribution in [2.75, 3.05) is 0 Å². The van der Waals surface area contributed by atoms with Crippen LogP contribution < -0.4 is 5.56 Å². The molecule has 5 nitrogen and oxygen atoms in total. The van der Waals surface area contributed by atoms with Gasteiger partial charge < -0.3 is 0 Å². The SMILES string of the molecule is CC(C)(C)c1nn2c(=O)cc(CN(Cc3ccccc3)Cc3ccccc3)nc2s1. The van der Waals surface area contributed by atoms with E-state index in [1.165, 1.54) is 27.0 Å². The van der Waals surface area contributed by atoms with Crippen molar-refractivity contribution in [1.29, 1.82) is 0 Å². The molecule has 0 atom stereocenters. The highest BCUT2D eigenvalue weighted by atomic mass is 32.1. The maximum absolute atomic E-state index is 12.7. The van der Waals surface area contributed by atoms with E-state index in [0.29, 0.717) is 11.5 Å². The molecule has 0 saturated heterocycles. The first kappa shape index (κ1) is 20.4. The zero-order chi connectivity index (χ0) is 21.1. The van der Waals surface area contributed by atoms with Gasteiger partial charge in [-0.3, -0.25) is 9.69 Å². The van der Waals surface area contributed by atoms with Gasteiger partial charge in [0.1, 0.15) is 5.01 Å². The van der Waals surface area contributed by atoms with Gasteiger partial charge in [-0.05, 0) is 11.1 Å². The summed E-state index contributed by atoms with van der Waals surface area (Å²) in [5.41, 5.74) is 3.01. The molecular formula is C24H26N4OS. The van der Waals surface area contributed by atoms with Crippen molar-refractivity contribution >= 4 is 16.3 Å². The molecule has 6 heteroatoms. The lowest BCUT2D eigenvalue weighted by atomic mass is 9.98. The third-order valence-electron chi connectivity index (χ3n) is 4.82. The molecule has 4 rings (SSSR count). The van der Waals surface area contributed by atoms with Crippen LogP contribution in [0, 0.1) is 0 Å². The molecule has 30 heavy (non-hydrogen) atoms. The molecule has 2 aromatic carbocycles. The minimum atomic E-state index is -0.124. The van der Waals surface area contributed by atoms with Crippen molar-refractivity contribution in [2.24, 2.45) is 0 Å². The highest BCUT2D eigenvalue weighted by Gasteiger charge is 2.21. The molecule has 0 bridgehead atoms. The number of nitrogens with zero attached hydrogens (tertiary/aromatic N) is 4. The molecule has 0 saturated carbocycles. The standard InChI is InChI=1S/C24H26N4OS/c1-24(2,3)22-26-28-21(29)14-20(25-23(28)30-22)17-27(15-18-10-6-4-7-11-18)16-19-12-8-5-9-13-19/h4-14H,15-17H2,1-3H3. The van der Waals surface area contributed by atoms with Gasteiger partial charge >= 0.3 is 0 Å². The quantitative estimate of drug-likeness (QED) is 0.457. The molecule has 0 amide bonds. The lowest BCUT2D eigenvalue weighted by Gasteiger charge is -2.22. The molecule has 2 aromatic heterocycles. The van der Waals surface area contributed by atoms with Crippen LogP contribution in [0.25, 0.3) is 4.96 Å². The first-order valence-corrected chi connectivity index (χ1v) is 10.9. The van der Waals surface area contributed by atoms with Crippen LogP contribution in [0.15, 0.2) is 71.5 Å². The molecule has 154 valence electrons. The maximum Gasteiger partial charge on any atom is 0.275 e. The molecule has 0 fully saturated rings. The Morgan fingerprint density at radius 1 is 0.900 bits per heavy atom. The average Bonchev–Trinajstić information content (AvgIpc) is 3.15. The van der Waals surface area contributed by atoms with Gasteiger partial charge in [-0.15, -0.1) is 0 Å². The smallest absolute Gasteiger partial charge is 0.275 e. The lowest BCUT2D eigenvalue weighted by Crippen LogP contribution is -2.25. The topological polar surface area (TPSA) is 50.5 Å². The Balaban J connectivity index is 1.64. The minimum Gasteiger partial charge on any atom is -0.289 e. The first-order chi connectivity index (χ1) is 14.4. The largest absolute Gasteiger partial charge is 0.289 e. The molecule has 0 aliphatic heterocycles. The zero-order valence-electron chi connectivity index (χ0n) is 17.6. The number of aromatic nitrogens is 3. The molecule has 0 spiro atoms. The summed E-state index contributed by atoms with van der Waals surface area (Å²) in [4.78, 5) is 20.4. The molecule has 2 heterocycles. The molecule has 0 radical (unpaired) electrons. The number of fused-ring (bicyclic) bond motifs is 1. The van der Waals surface area contributed by atoms with Gasteiger partial charge in [0.25, 0.3) is 5.56 Å². The maximum atomic E-state index is 12.7. The van der Waals surface area contributed by atoms with Crippen LogP contribution in [0.4, 0.5) is 0 Å². The van der Waals surface area contributed by atoms with Crippen LogP contribution >= 0.6 is 11.3 Å². The summed E-state index contributed by atoms with van der Waals surface area (Å²) < 4.78 is 1.42. The minimum absolute atomic E-state index is 0.113. The Hall–Kier alpha value is -2.83. The fourth-order valence-corrected chi connectivity index (χ4v) is 4.30. The van der Waals surface area contributed by atoms with Gasteiger partial charge in [0.05, 0.1) is 5.69 Å². The van der Waals surface area contributed by atoms with Crippen LogP contribution in [0.5, 0.6) is 0 Å². The van der Waals surface area contributed by atoms with E-state index in [9.17, 15) is 4.79 Å². The highest BCUT2D eigenvalue weighted by Crippen LogP contribution is 2.26. The van der Waals surface area contributed by atoms with Gasteiger partial charge in [-0.25, -0.2) is 4.98 Å². The Morgan fingerprint density at radius 2 is 1.47 bits per heavy atom. The predicted octanol–water partition coefficient (Wildman–Crippen LogP) is 4.65. The summed E-state index contributed by atoms with van der Waals surface area (Å²) in [7, 11) is 0. The molecule has 0 N–H and O–H groups in total. The second kappa shape index (κ2) is 8.50. The van der Waals surface area contributed by atoms with Crippen LogP contribution in [0.1, 0.15) is 42.6 Å². The zero-order valence-corrected chi connectivity index (χ0v) is 18.4. The summed E-state index contributed by atoms with van der Waals surface area (Å²) in [6, 6.07) is 22.4. The van der Waals surface area contributed by atoms with E-state index >= 15 is 0 Å². The Kier molecular flexibility index (Phi) is 5.79. The van der Waals surface area contributed by atoms with E-state index in [1.807, 2.05) is 12.1 Å². The van der Waals surface area contributed by atoms with Gasteiger partial charge in [-0.1, -0.05) is 92.8 Å². The second-order valence-corrected chi connectivity index (χ2v) is 9.51. The fraction of sp³-hybridized carbons (Fsp3) is 0.292. The van der Waals surface area contributed by atoms with Crippen molar-refractivity contribution in [2.45, 2.75) is 45.8 Å². The summed E-state index contributed by atoms with van der Waals surface area (Å²) in [6.07, 6.45) is 0. The second-order valence-electron chi connectivity index (χ2n) is 8.55. The van der Waals surface area contributed by atoms with Crippen molar-refractivity contribution in [1.82, 2.24) is 19.5 Å². The highest BCUT2D eigenvalue weighted by molar-refractivity contribution is 7.16.